The number of nitrogens with one attached hydrogen (secondary N) is 2. The average molecular weight is 290 g/mol. The van der Waals surface area contributed by atoms with Crippen LogP contribution in [0.4, 0.5) is 5.69 Å². The minimum absolute atomic E-state index is 0.144. The molecule has 0 saturated carbocycles. The summed E-state index contributed by atoms with van der Waals surface area (Å²) in [6, 6.07) is 10.3. The fourth-order valence-corrected chi connectivity index (χ4v) is 2.11. The fraction of sp³-hybridized carbons (Fsp3) is 0.286. The van der Waals surface area contributed by atoms with Crippen LogP contribution in [0.3, 0.4) is 0 Å². The summed E-state index contributed by atoms with van der Waals surface area (Å²) >= 11 is 5.30. The molecule has 0 saturated heterocycles. The SMILES string of the molecule is COCn1cc(NC(=S)NC(C)c2ccccc2)cn1. The van der Waals surface area contributed by atoms with Crippen molar-refractivity contribution in [1.82, 2.24) is 15.1 Å². The van der Waals surface area contributed by atoms with Gasteiger partial charge in [0, 0.05) is 7.11 Å². The zero-order valence-electron chi connectivity index (χ0n) is 11.5. The second-order valence-corrected chi connectivity index (χ2v) is 4.83. The van der Waals surface area contributed by atoms with Crippen LogP contribution in [0.15, 0.2) is 42.7 Å². The first-order valence-corrected chi connectivity index (χ1v) is 6.73. The van der Waals surface area contributed by atoms with Crippen LogP contribution in [0.1, 0.15) is 18.5 Å². The van der Waals surface area contributed by atoms with E-state index in [2.05, 4.69) is 34.8 Å². The molecule has 2 aromatic rings. The van der Waals surface area contributed by atoms with Gasteiger partial charge in [-0.1, -0.05) is 30.3 Å². The van der Waals surface area contributed by atoms with Gasteiger partial charge in [-0.15, -0.1) is 0 Å². The summed E-state index contributed by atoms with van der Waals surface area (Å²) in [6.45, 7) is 2.49. The van der Waals surface area contributed by atoms with E-state index in [0.717, 1.165) is 5.69 Å². The average Bonchev–Trinajstić information content (AvgIpc) is 2.87. The molecule has 0 spiro atoms. The number of thiocarbonyl (C=S) groups is 1. The Labute approximate surface area is 123 Å². The van der Waals surface area contributed by atoms with Gasteiger partial charge in [0.15, 0.2) is 5.11 Å². The molecule has 1 atom stereocenters. The predicted molar refractivity (Wildman–Crippen MR) is 83.4 cm³/mol. The first-order chi connectivity index (χ1) is 9.69. The summed E-state index contributed by atoms with van der Waals surface area (Å²) in [5.41, 5.74) is 2.02. The Balaban J connectivity index is 1.88. The number of rotatable bonds is 5. The third kappa shape index (κ3) is 4.04. The molecule has 2 N–H and O–H groups in total. The molecule has 0 bridgehead atoms. The van der Waals surface area contributed by atoms with Gasteiger partial charge in [0.05, 0.1) is 24.1 Å². The van der Waals surface area contributed by atoms with Gasteiger partial charge >= 0.3 is 0 Å². The molecule has 0 fully saturated rings. The van der Waals surface area contributed by atoms with E-state index in [1.54, 1.807) is 18.0 Å². The molecule has 106 valence electrons. The predicted octanol–water partition coefficient (Wildman–Crippen LogP) is 2.53. The highest BCUT2D eigenvalue weighted by Crippen LogP contribution is 2.12. The molecule has 0 aliphatic heterocycles. The van der Waals surface area contributed by atoms with E-state index in [9.17, 15) is 0 Å². The van der Waals surface area contributed by atoms with Crippen LogP contribution < -0.4 is 10.6 Å². The third-order valence-electron chi connectivity index (χ3n) is 2.80. The summed E-state index contributed by atoms with van der Waals surface area (Å²) in [5, 5.41) is 11.0. The minimum atomic E-state index is 0.144. The van der Waals surface area contributed by atoms with Crippen molar-refractivity contribution in [1.29, 1.82) is 0 Å². The largest absolute Gasteiger partial charge is 0.362 e. The van der Waals surface area contributed by atoms with Crippen LogP contribution in [-0.4, -0.2) is 22.0 Å². The summed E-state index contributed by atoms with van der Waals surface area (Å²) in [5.74, 6) is 0. The molecule has 20 heavy (non-hydrogen) atoms. The van der Waals surface area contributed by atoms with E-state index in [1.807, 2.05) is 24.4 Å². The van der Waals surface area contributed by atoms with Crippen molar-refractivity contribution in [2.45, 2.75) is 19.7 Å². The number of benzene rings is 1. The van der Waals surface area contributed by atoms with Gasteiger partial charge in [-0.2, -0.15) is 5.10 Å². The summed E-state index contributed by atoms with van der Waals surface area (Å²) in [6.07, 6.45) is 3.55. The maximum absolute atomic E-state index is 5.30. The third-order valence-corrected chi connectivity index (χ3v) is 3.02. The standard InChI is InChI=1S/C14H18N4OS/c1-11(12-6-4-3-5-7-12)16-14(20)17-13-8-15-18(9-13)10-19-2/h3-9,11H,10H2,1-2H3,(H2,16,17,20). The van der Waals surface area contributed by atoms with E-state index in [1.165, 1.54) is 5.56 Å². The molecule has 1 heterocycles. The second-order valence-electron chi connectivity index (χ2n) is 4.42. The highest BCUT2D eigenvalue weighted by atomic mass is 32.1. The molecule has 1 aromatic heterocycles. The smallest absolute Gasteiger partial charge is 0.171 e. The highest BCUT2D eigenvalue weighted by molar-refractivity contribution is 7.80. The quantitative estimate of drug-likeness (QED) is 0.829. The Hall–Kier alpha value is -1.92. The van der Waals surface area contributed by atoms with Crippen molar-refractivity contribution < 1.29 is 4.74 Å². The molecule has 2 rings (SSSR count). The first kappa shape index (κ1) is 14.5. The lowest BCUT2D eigenvalue weighted by atomic mass is 10.1. The molecule has 1 aromatic carbocycles. The van der Waals surface area contributed by atoms with Gasteiger partial charge in [0.25, 0.3) is 0 Å². The van der Waals surface area contributed by atoms with Crippen molar-refractivity contribution in [2.24, 2.45) is 0 Å². The number of nitrogens with zero attached hydrogens (tertiary/aromatic N) is 2. The molecular weight excluding hydrogens is 272 g/mol. The van der Waals surface area contributed by atoms with E-state index < -0.39 is 0 Å². The second kappa shape index (κ2) is 7.02. The summed E-state index contributed by atoms with van der Waals surface area (Å²) in [7, 11) is 1.63. The summed E-state index contributed by atoms with van der Waals surface area (Å²) < 4.78 is 6.68. The Morgan fingerprint density at radius 3 is 2.85 bits per heavy atom. The lowest BCUT2D eigenvalue weighted by molar-refractivity contribution is 0.120. The molecule has 1 unspecified atom stereocenters. The lowest BCUT2D eigenvalue weighted by Crippen LogP contribution is -2.30. The first-order valence-electron chi connectivity index (χ1n) is 6.33. The van der Waals surface area contributed by atoms with E-state index in [-0.39, 0.29) is 6.04 Å². The van der Waals surface area contributed by atoms with E-state index in [0.29, 0.717) is 11.8 Å². The van der Waals surface area contributed by atoms with Crippen LogP contribution in [0.2, 0.25) is 0 Å². The number of hydrogen-bond donors (Lipinski definition) is 2. The maximum atomic E-state index is 5.30. The van der Waals surface area contributed by atoms with Crippen LogP contribution >= 0.6 is 12.2 Å². The molecule has 5 nitrogen and oxygen atoms in total. The maximum Gasteiger partial charge on any atom is 0.171 e. The topological polar surface area (TPSA) is 51.1 Å². The highest BCUT2D eigenvalue weighted by Gasteiger charge is 2.07. The number of ether oxygens (including phenoxy) is 1. The molecule has 6 heteroatoms. The number of hydrogen-bond acceptors (Lipinski definition) is 3. The van der Waals surface area contributed by atoms with Crippen molar-refractivity contribution >= 4 is 23.0 Å². The van der Waals surface area contributed by atoms with E-state index >= 15 is 0 Å². The van der Waals surface area contributed by atoms with Crippen LogP contribution in [-0.2, 0) is 11.5 Å². The Bertz CT molecular complexity index is 555. The molecule has 0 aliphatic rings. The monoisotopic (exact) mass is 290 g/mol. The minimum Gasteiger partial charge on any atom is -0.362 e. The molecule has 0 amide bonds. The van der Waals surface area contributed by atoms with Gasteiger partial charge in [-0.25, -0.2) is 4.68 Å². The normalized spacial score (nSPS) is 11.9. The number of methoxy groups -OCH3 is 1. The fourth-order valence-electron chi connectivity index (χ4n) is 1.82. The Morgan fingerprint density at radius 2 is 2.15 bits per heavy atom. The number of aromatic nitrogens is 2. The number of anilines is 1. The molecular formula is C14H18N4OS. The Morgan fingerprint density at radius 1 is 1.40 bits per heavy atom. The van der Waals surface area contributed by atoms with Crippen molar-refractivity contribution in [3.63, 3.8) is 0 Å². The van der Waals surface area contributed by atoms with Crippen LogP contribution in [0.25, 0.3) is 0 Å². The Kier molecular flexibility index (Phi) is 5.09. The van der Waals surface area contributed by atoms with Gasteiger partial charge in [0.1, 0.15) is 6.73 Å². The van der Waals surface area contributed by atoms with E-state index in [4.69, 9.17) is 17.0 Å². The van der Waals surface area contributed by atoms with Crippen molar-refractivity contribution in [3.8, 4) is 0 Å². The molecule has 0 aliphatic carbocycles. The summed E-state index contributed by atoms with van der Waals surface area (Å²) in [4.78, 5) is 0. The zero-order valence-corrected chi connectivity index (χ0v) is 12.4. The van der Waals surface area contributed by atoms with Crippen molar-refractivity contribution in [3.05, 3.63) is 48.3 Å². The lowest BCUT2D eigenvalue weighted by Gasteiger charge is -2.16. The zero-order chi connectivity index (χ0) is 14.4. The van der Waals surface area contributed by atoms with Crippen LogP contribution in [0.5, 0.6) is 0 Å². The van der Waals surface area contributed by atoms with Gasteiger partial charge in [0.2, 0.25) is 0 Å². The van der Waals surface area contributed by atoms with Crippen molar-refractivity contribution in [2.75, 3.05) is 12.4 Å². The van der Waals surface area contributed by atoms with Gasteiger partial charge in [-0.3, -0.25) is 0 Å². The van der Waals surface area contributed by atoms with Gasteiger partial charge in [-0.05, 0) is 24.7 Å². The van der Waals surface area contributed by atoms with Crippen LogP contribution in [0, 0.1) is 0 Å². The van der Waals surface area contributed by atoms with Gasteiger partial charge < -0.3 is 15.4 Å². The molecule has 0 radical (unpaired) electrons.